The van der Waals surface area contributed by atoms with Crippen LogP contribution in [0.25, 0.3) is 0 Å². The number of thioether (sulfide) groups is 1. The van der Waals surface area contributed by atoms with Gasteiger partial charge in [-0.3, -0.25) is 9.59 Å². The Kier molecular flexibility index (Phi) is 6.36. The molecule has 2 heterocycles. The van der Waals surface area contributed by atoms with Crippen LogP contribution in [0.5, 0.6) is 17.2 Å². The average molecular weight is 420 g/mol. The fourth-order valence-electron chi connectivity index (χ4n) is 3.45. The molecule has 29 heavy (non-hydrogen) atoms. The molecular formula is C20H25N3O5S. The number of ether oxygens (including phenoxy) is 3. The highest BCUT2D eigenvalue weighted by molar-refractivity contribution is 7.99. The Morgan fingerprint density at radius 1 is 1.14 bits per heavy atom. The van der Waals surface area contributed by atoms with Crippen molar-refractivity contribution in [2.75, 3.05) is 32.4 Å². The number of hydrogen-bond donors (Lipinski definition) is 1. The van der Waals surface area contributed by atoms with Crippen molar-refractivity contribution >= 4 is 23.5 Å². The molecule has 0 spiro atoms. The molecule has 0 radical (unpaired) electrons. The summed E-state index contributed by atoms with van der Waals surface area (Å²) in [4.78, 5) is 29.8. The van der Waals surface area contributed by atoms with Gasteiger partial charge in [-0.05, 0) is 12.5 Å². The number of methoxy groups -OCH3 is 3. The Labute approximate surface area is 173 Å². The van der Waals surface area contributed by atoms with E-state index in [2.05, 4.69) is 17.2 Å². The summed E-state index contributed by atoms with van der Waals surface area (Å²) >= 11 is 1.49. The molecule has 9 heteroatoms. The molecule has 1 aromatic carbocycles. The lowest BCUT2D eigenvalue weighted by Gasteiger charge is -2.28. The predicted octanol–water partition coefficient (Wildman–Crippen LogP) is 2.78. The molecule has 0 bridgehead atoms. The smallest absolute Gasteiger partial charge is 0.279 e. The second-order valence-electron chi connectivity index (χ2n) is 6.62. The molecule has 1 N–H and O–H groups in total. The minimum atomic E-state index is -0.509. The highest BCUT2D eigenvalue weighted by Crippen LogP contribution is 2.44. The number of anilines is 1. The molecule has 156 valence electrons. The summed E-state index contributed by atoms with van der Waals surface area (Å²) in [6, 6.07) is 3.45. The van der Waals surface area contributed by atoms with Crippen molar-refractivity contribution in [3.63, 3.8) is 0 Å². The number of benzene rings is 1. The summed E-state index contributed by atoms with van der Waals surface area (Å²) in [6.07, 6.45) is 1.06. The zero-order valence-corrected chi connectivity index (χ0v) is 18.0. The highest BCUT2D eigenvalue weighted by atomic mass is 32.2. The van der Waals surface area contributed by atoms with Crippen LogP contribution in [0.3, 0.4) is 0 Å². The monoisotopic (exact) mass is 419 g/mol. The van der Waals surface area contributed by atoms with Crippen LogP contribution in [-0.4, -0.2) is 42.5 Å². The van der Waals surface area contributed by atoms with Crippen LogP contribution >= 0.6 is 11.8 Å². The third-order valence-electron chi connectivity index (χ3n) is 4.85. The Morgan fingerprint density at radius 3 is 2.41 bits per heavy atom. The summed E-state index contributed by atoms with van der Waals surface area (Å²) < 4.78 is 18.1. The number of rotatable bonds is 7. The second-order valence-corrected chi connectivity index (χ2v) is 7.69. The van der Waals surface area contributed by atoms with Gasteiger partial charge in [-0.1, -0.05) is 18.7 Å². The molecule has 1 amide bonds. The van der Waals surface area contributed by atoms with Crippen molar-refractivity contribution in [2.24, 2.45) is 7.05 Å². The van der Waals surface area contributed by atoms with Crippen molar-refractivity contribution < 1.29 is 19.0 Å². The number of fused-ring (bicyclic) bond motifs is 1. The van der Waals surface area contributed by atoms with Crippen molar-refractivity contribution in [1.82, 2.24) is 9.55 Å². The number of nitrogens with one attached hydrogen (secondary N) is 1. The van der Waals surface area contributed by atoms with Crippen molar-refractivity contribution in [2.45, 2.75) is 30.8 Å². The van der Waals surface area contributed by atoms with Gasteiger partial charge < -0.3 is 24.1 Å². The summed E-state index contributed by atoms with van der Waals surface area (Å²) in [7, 11) is 6.41. The predicted molar refractivity (Wildman–Crippen MR) is 112 cm³/mol. The summed E-state index contributed by atoms with van der Waals surface area (Å²) in [5.41, 5.74) is 0.770. The van der Waals surface area contributed by atoms with E-state index < -0.39 is 5.92 Å². The first-order chi connectivity index (χ1) is 13.9. The van der Waals surface area contributed by atoms with E-state index in [1.165, 1.54) is 33.1 Å². The molecule has 0 fully saturated rings. The maximum atomic E-state index is 13.0. The molecule has 3 rings (SSSR count). The highest BCUT2D eigenvalue weighted by Gasteiger charge is 2.34. The Balaban J connectivity index is 2.21. The van der Waals surface area contributed by atoms with E-state index in [9.17, 15) is 9.59 Å². The van der Waals surface area contributed by atoms with Gasteiger partial charge in [0.25, 0.3) is 5.56 Å². The largest absolute Gasteiger partial charge is 0.496 e. The maximum Gasteiger partial charge on any atom is 0.279 e. The van der Waals surface area contributed by atoms with Crippen LogP contribution in [-0.2, 0) is 11.8 Å². The molecule has 0 saturated heterocycles. The number of carbonyl (C=O) groups excluding carboxylic acids is 1. The van der Waals surface area contributed by atoms with E-state index in [-0.39, 0.29) is 17.9 Å². The summed E-state index contributed by atoms with van der Waals surface area (Å²) in [6.45, 7) is 2.06. The van der Waals surface area contributed by atoms with E-state index >= 15 is 0 Å². The normalized spacial score (nSPS) is 15.5. The van der Waals surface area contributed by atoms with Crippen LogP contribution in [0, 0.1) is 0 Å². The van der Waals surface area contributed by atoms with Crippen molar-refractivity contribution in [3.8, 4) is 17.2 Å². The van der Waals surface area contributed by atoms with Crippen molar-refractivity contribution in [1.29, 1.82) is 0 Å². The maximum absolute atomic E-state index is 13.0. The zero-order valence-electron chi connectivity index (χ0n) is 17.2. The molecule has 1 atom stereocenters. The Morgan fingerprint density at radius 2 is 1.79 bits per heavy atom. The SMILES string of the molecule is CCCSc1nc(=O)c2c(n1C)NC(=O)CC2c1cc(OC)c(OC)cc1OC. The Bertz CT molecular complexity index is 989. The molecule has 2 aromatic rings. The van der Waals surface area contributed by atoms with Gasteiger partial charge in [0.1, 0.15) is 11.6 Å². The van der Waals surface area contributed by atoms with E-state index in [1.54, 1.807) is 23.7 Å². The molecule has 0 saturated carbocycles. The van der Waals surface area contributed by atoms with E-state index in [1.807, 2.05) is 0 Å². The average Bonchev–Trinajstić information content (AvgIpc) is 2.73. The second kappa shape index (κ2) is 8.77. The quantitative estimate of drug-likeness (QED) is 0.545. The van der Waals surface area contributed by atoms with Gasteiger partial charge in [0.2, 0.25) is 5.91 Å². The van der Waals surface area contributed by atoms with Gasteiger partial charge in [0.15, 0.2) is 16.7 Å². The minimum Gasteiger partial charge on any atom is -0.496 e. The number of carbonyl (C=O) groups is 1. The number of amides is 1. The van der Waals surface area contributed by atoms with Gasteiger partial charge in [-0.2, -0.15) is 4.98 Å². The van der Waals surface area contributed by atoms with E-state index in [0.717, 1.165) is 12.2 Å². The lowest BCUT2D eigenvalue weighted by atomic mass is 9.86. The third kappa shape index (κ3) is 3.91. The summed E-state index contributed by atoms with van der Waals surface area (Å²) in [5.74, 6) is 2.14. The van der Waals surface area contributed by atoms with Crippen LogP contribution in [0.4, 0.5) is 5.82 Å². The Hall–Kier alpha value is -2.68. The molecule has 8 nitrogen and oxygen atoms in total. The van der Waals surface area contributed by atoms with Crippen LogP contribution in [0.1, 0.15) is 36.8 Å². The lowest BCUT2D eigenvalue weighted by Crippen LogP contribution is -2.33. The van der Waals surface area contributed by atoms with Crippen LogP contribution in [0.2, 0.25) is 0 Å². The topological polar surface area (TPSA) is 91.7 Å². The van der Waals surface area contributed by atoms with Gasteiger partial charge in [0, 0.05) is 36.8 Å². The molecule has 1 aliphatic heterocycles. The molecule has 1 unspecified atom stereocenters. The van der Waals surface area contributed by atoms with Gasteiger partial charge >= 0.3 is 0 Å². The fourth-order valence-corrected chi connectivity index (χ4v) is 4.27. The first-order valence-electron chi connectivity index (χ1n) is 9.28. The third-order valence-corrected chi connectivity index (χ3v) is 6.08. The number of aromatic nitrogens is 2. The van der Waals surface area contributed by atoms with E-state index in [0.29, 0.717) is 39.3 Å². The van der Waals surface area contributed by atoms with Crippen molar-refractivity contribution in [3.05, 3.63) is 33.6 Å². The molecular weight excluding hydrogens is 394 g/mol. The number of nitrogens with zero attached hydrogens (tertiary/aromatic N) is 2. The van der Waals surface area contributed by atoms with Gasteiger partial charge in [-0.15, -0.1) is 0 Å². The standard InChI is InChI=1S/C20H25N3O5S/c1-6-7-29-20-22-19(25)17-12(9-16(24)21-18(17)23(20)2)11-8-14(27-4)15(28-5)10-13(11)26-3/h8,10,12H,6-7,9H2,1-5H3,(H,21,24). The first-order valence-corrected chi connectivity index (χ1v) is 10.3. The summed E-state index contributed by atoms with van der Waals surface area (Å²) in [5, 5.41) is 3.43. The fraction of sp³-hybridized carbons (Fsp3) is 0.450. The van der Waals surface area contributed by atoms with Crippen LogP contribution in [0.15, 0.2) is 22.1 Å². The minimum absolute atomic E-state index is 0.108. The van der Waals surface area contributed by atoms with E-state index in [4.69, 9.17) is 14.2 Å². The zero-order chi connectivity index (χ0) is 21.1. The number of hydrogen-bond acceptors (Lipinski definition) is 7. The van der Waals surface area contributed by atoms with Gasteiger partial charge in [-0.25, -0.2) is 0 Å². The van der Waals surface area contributed by atoms with Crippen LogP contribution < -0.4 is 25.1 Å². The molecule has 0 aliphatic carbocycles. The molecule has 1 aromatic heterocycles. The first kappa shape index (κ1) is 21.0. The molecule has 1 aliphatic rings. The van der Waals surface area contributed by atoms with Gasteiger partial charge in [0.05, 0.1) is 26.9 Å². The lowest BCUT2D eigenvalue weighted by molar-refractivity contribution is -0.116.